The summed E-state index contributed by atoms with van der Waals surface area (Å²) >= 11 is 4.71. The molecule has 43 heavy (non-hydrogen) atoms. The summed E-state index contributed by atoms with van der Waals surface area (Å²) < 4.78 is 28.5. The number of esters is 1. The van der Waals surface area contributed by atoms with E-state index in [9.17, 15) is 14.5 Å². The molecule has 0 aliphatic rings. The van der Waals surface area contributed by atoms with Gasteiger partial charge in [-0.15, -0.1) is 12.6 Å². The van der Waals surface area contributed by atoms with Crippen molar-refractivity contribution in [2.45, 2.75) is 173 Å². The van der Waals surface area contributed by atoms with Crippen LogP contribution in [0.25, 0.3) is 0 Å². The molecule has 4 atom stereocenters. The summed E-state index contributed by atoms with van der Waals surface area (Å²) in [7, 11) is -0.907. The summed E-state index contributed by atoms with van der Waals surface area (Å²) in [6, 6.07) is 9.08. The maximum atomic E-state index is 12.6. The summed E-state index contributed by atoms with van der Waals surface area (Å²) in [4.78, 5) is 12.6. The van der Waals surface area contributed by atoms with Gasteiger partial charge in [-0.2, -0.15) is 0 Å². The Labute approximate surface area is 270 Å². The van der Waals surface area contributed by atoms with E-state index in [4.69, 9.17) is 26.8 Å². The van der Waals surface area contributed by atoms with E-state index in [-0.39, 0.29) is 6.61 Å². The Balaban J connectivity index is 2.52. The number of benzene rings is 1. The molecule has 6 nitrogen and oxygen atoms in total. The van der Waals surface area contributed by atoms with Crippen molar-refractivity contribution in [3.8, 4) is 0 Å². The number of unbranched alkanes of at least 4 members (excludes halogenated alkanes) is 14. The van der Waals surface area contributed by atoms with Crippen LogP contribution < -0.4 is 0 Å². The van der Waals surface area contributed by atoms with Crippen molar-refractivity contribution >= 4 is 27.1 Å². The quantitative estimate of drug-likeness (QED) is 0.0298. The molecule has 0 aromatic heterocycles. The fourth-order valence-electron chi connectivity index (χ4n) is 5.34. The molecule has 1 N–H and O–H groups in total. The Morgan fingerprint density at radius 2 is 1.30 bits per heavy atom. The van der Waals surface area contributed by atoms with Crippen LogP contribution in [0, 0.1) is 5.92 Å². The van der Waals surface area contributed by atoms with Crippen LogP contribution in [0.15, 0.2) is 30.3 Å². The SMILES string of the molecule is CCCCCCCCCCCCCC(CCCCCCC)CC(S)OC(CC)OC(O)(P=O)C(=O)OCc1ccccc1. The third-order valence-electron chi connectivity index (χ3n) is 8.01. The summed E-state index contributed by atoms with van der Waals surface area (Å²) in [6.45, 7) is 6.26. The van der Waals surface area contributed by atoms with Gasteiger partial charge in [0.2, 0.25) is 8.46 Å². The fourth-order valence-corrected chi connectivity index (χ4v) is 6.08. The number of carbonyl (C=O) groups excluding carboxylic acids is 1. The lowest BCUT2D eigenvalue weighted by Gasteiger charge is -2.28. The van der Waals surface area contributed by atoms with E-state index in [1.54, 1.807) is 12.1 Å². The lowest BCUT2D eigenvalue weighted by Crippen LogP contribution is -2.42. The van der Waals surface area contributed by atoms with Crippen molar-refractivity contribution in [2.75, 3.05) is 0 Å². The Kier molecular flexibility index (Phi) is 24.5. The minimum atomic E-state index is -2.64. The van der Waals surface area contributed by atoms with Crippen molar-refractivity contribution in [1.82, 2.24) is 0 Å². The summed E-state index contributed by atoms with van der Waals surface area (Å²) in [5, 5.41) is 10.7. The molecule has 0 heterocycles. The van der Waals surface area contributed by atoms with Crippen molar-refractivity contribution in [3.63, 3.8) is 0 Å². The Morgan fingerprint density at radius 3 is 1.77 bits per heavy atom. The zero-order valence-electron chi connectivity index (χ0n) is 27.4. The topological polar surface area (TPSA) is 82.1 Å². The van der Waals surface area contributed by atoms with Gasteiger partial charge < -0.3 is 19.3 Å². The maximum absolute atomic E-state index is 12.6. The molecule has 0 fully saturated rings. The average Bonchev–Trinajstić information content (AvgIpc) is 3.02. The number of carbonyl (C=O) groups is 1. The number of rotatable bonds is 29. The zero-order valence-corrected chi connectivity index (χ0v) is 29.1. The molecule has 4 unspecified atom stereocenters. The van der Waals surface area contributed by atoms with E-state index in [0.29, 0.717) is 12.3 Å². The molecular weight excluding hydrogens is 579 g/mol. The highest BCUT2D eigenvalue weighted by atomic mass is 32.1. The van der Waals surface area contributed by atoms with E-state index >= 15 is 0 Å². The lowest BCUT2D eigenvalue weighted by molar-refractivity contribution is -0.259. The molecule has 1 rings (SSSR count). The highest BCUT2D eigenvalue weighted by Gasteiger charge is 2.43. The number of ether oxygens (including phenoxy) is 3. The minimum absolute atomic E-state index is 0.0628. The first-order chi connectivity index (χ1) is 20.9. The molecule has 0 aliphatic carbocycles. The van der Waals surface area contributed by atoms with E-state index in [0.717, 1.165) is 24.8 Å². The molecule has 0 radical (unpaired) electrons. The van der Waals surface area contributed by atoms with Crippen LogP contribution in [-0.2, 0) is 30.2 Å². The normalized spacial score (nSPS) is 15.2. The second-order valence-electron chi connectivity index (χ2n) is 11.9. The molecule has 1 aromatic rings. The maximum Gasteiger partial charge on any atom is 0.380 e. The first kappa shape index (κ1) is 40.0. The summed E-state index contributed by atoms with van der Waals surface area (Å²) in [5.41, 5.74) is -2.32. The van der Waals surface area contributed by atoms with Crippen molar-refractivity contribution < 1.29 is 28.7 Å². The number of thiol groups is 1. The monoisotopic (exact) mass is 640 g/mol. The van der Waals surface area contributed by atoms with Gasteiger partial charge in [-0.05, 0) is 24.3 Å². The standard InChI is InChI=1S/C35H61O6PS/c1-4-7-9-11-12-13-14-15-16-18-21-25-30(24-20-17-10-8-5-2)28-33(43)40-32(6-3)41-35(37,42-38)34(36)39-29-31-26-22-19-23-27-31/h19,22-23,26-27,30,32-33,37,43H,4-18,20-21,24-25,28-29H2,1-3H3. The van der Waals surface area contributed by atoms with E-state index in [1.807, 2.05) is 25.1 Å². The van der Waals surface area contributed by atoms with Gasteiger partial charge in [-0.3, -0.25) is 4.57 Å². The highest BCUT2D eigenvalue weighted by molar-refractivity contribution is 7.80. The predicted octanol–water partition coefficient (Wildman–Crippen LogP) is 10.8. The second-order valence-corrected chi connectivity index (χ2v) is 13.3. The summed E-state index contributed by atoms with van der Waals surface area (Å²) in [5.74, 6) is -0.625. The van der Waals surface area contributed by atoms with Gasteiger partial charge in [0.05, 0.1) is 0 Å². The first-order valence-corrected chi connectivity index (χ1v) is 18.5. The van der Waals surface area contributed by atoms with Crippen LogP contribution >= 0.6 is 21.1 Å². The number of hydrogen-bond donors (Lipinski definition) is 2. The average molecular weight is 641 g/mol. The third-order valence-corrected chi connectivity index (χ3v) is 8.88. The molecular formula is C35H61O6PS. The molecule has 0 bridgehead atoms. The van der Waals surface area contributed by atoms with Crippen LogP contribution in [0.1, 0.15) is 155 Å². The molecule has 0 saturated heterocycles. The van der Waals surface area contributed by atoms with Gasteiger partial charge in [0.25, 0.3) is 0 Å². The van der Waals surface area contributed by atoms with Crippen LogP contribution in [0.5, 0.6) is 0 Å². The smallest absolute Gasteiger partial charge is 0.380 e. The largest absolute Gasteiger partial charge is 0.456 e. The summed E-state index contributed by atoms with van der Waals surface area (Å²) in [6.07, 6.45) is 23.4. The van der Waals surface area contributed by atoms with Crippen LogP contribution in [-0.4, -0.2) is 28.3 Å². The third kappa shape index (κ3) is 19.9. The van der Waals surface area contributed by atoms with Gasteiger partial charge in [0.1, 0.15) is 12.0 Å². The van der Waals surface area contributed by atoms with Gasteiger partial charge in [0, 0.05) is 0 Å². The van der Waals surface area contributed by atoms with Crippen molar-refractivity contribution in [2.24, 2.45) is 5.92 Å². The van der Waals surface area contributed by atoms with E-state index in [1.165, 1.54) is 103 Å². The molecule has 1 aromatic carbocycles. The Bertz CT molecular complexity index is 813. The van der Waals surface area contributed by atoms with Crippen LogP contribution in [0.3, 0.4) is 0 Å². The second kappa shape index (κ2) is 26.3. The van der Waals surface area contributed by atoms with E-state index in [2.05, 4.69) is 13.8 Å². The molecule has 248 valence electrons. The Hall–Kier alpha value is -0.980. The molecule has 8 heteroatoms. The van der Waals surface area contributed by atoms with Gasteiger partial charge in [0.15, 0.2) is 6.29 Å². The first-order valence-electron chi connectivity index (χ1n) is 17.2. The van der Waals surface area contributed by atoms with Crippen LogP contribution in [0.2, 0.25) is 0 Å². The molecule has 0 amide bonds. The van der Waals surface area contributed by atoms with Crippen molar-refractivity contribution in [1.29, 1.82) is 0 Å². The highest BCUT2D eigenvalue weighted by Crippen LogP contribution is 2.30. The molecule has 0 saturated carbocycles. The van der Waals surface area contributed by atoms with Gasteiger partial charge >= 0.3 is 11.5 Å². The van der Waals surface area contributed by atoms with Crippen LogP contribution in [0.4, 0.5) is 0 Å². The number of hydrogen-bond acceptors (Lipinski definition) is 7. The Morgan fingerprint density at radius 1 is 0.814 bits per heavy atom. The predicted molar refractivity (Wildman–Crippen MR) is 180 cm³/mol. The molecule has 0 aliphatic heterocycles. The number of aliphatic hydroxyl groups is 1. The molecule has 0 spiro atoms. The lowest BCUT2D eigenvalue weighted by atomic mass is 9.91. The van der Waals surface area contributed by atoms with E-state index < -0.39 is 31.7 Å². The van der Waals surface area contributed by atoms with Gasteiger partial charge in [-0.25, -0.2) is 4.79 Å². The fraction of sp³-hybridized carbons (Fsp3) is 0.800. The minimum Gasteiger partial charge on any atom is -0.456 e. The van der Waals surface area contributed by atoms with Gasteiger partial charge in [-0.1, -0.05) is 167 Å². The zero-order chi connectivity index (χ0) is 31.6. The van der Waals surface area contributed by atoms with Crippen molar-refractivity contribution in [3.05, 3.63) is 35.9 Å².